The summed E-state index contributed by atoms with van der Waals surface area (Å²) in [5.41, 5.74) is 0. The molecule has 12 heavy (non-hydrogen) atoms. The summed E-state index contributed by atoms with van der Waals surface area (Å²) < 4.78 is 0. The highest BCUT2D eigenvalue weighted by molar-refractivity contribution is 5.66. The van der Waals surface area contributed by atoms with E-state index in [9.17, 15) is 4.79 Å². The van der Waals surface area contributed by atoms with Gasteiger partial charge in [0.15, 0.2) is 0 Å². The van der Waals surface area contributed by atoms with Crippen LogP contribution in [-0.2, 0) is 4.79 Å². The first kappa shape index (κ1) is 13.7. The minimum absolute atomic E-state index is 0.222. The first-order valence-corrected chi connectivity index (χ1v) is 4.12. The number of aliphatic hydroxyl groups is 1. The average molecular weight is 174 g/mol. The highest BCUT2D eigenvalue weighted by Gasteiger charge is 1.80. The predicted molar refractivity (Wildman–Crippen MR) is 49.1 cm³/mol. The van der Waals surface area contributed by atoms with Crippen molar-refractivity contribution in [1.29, 1.82) is 0 Å². The SMILES string of the molecule is CC=CCCCO.CCC(=O)O. The molecule has 0 bridgehead atoms. The number of hydrogen-bond acceptors (Lipinski definition) is 2. The zero-order chi connectivity index (χ0) is 9.82. The lowest BCUT2D eigenvalue weighted by molar-refractivity contribution is -0.136. The smallest absolute Gasteiger partial charge is 0.303 e. The summed E-state index contributed by atoms with van der Waals surface area (Å²) in [5.74, 6) is -0.745. The van der Waals surface area contributed by atoms with Crippen LogP contribution in [0.3, 0.4) is 0 Å². The van der Waals surface area contributed by atoms with Crippen LogP contribution in [0, 0.1) is 0 Å². The molecule has 0 heterocycles. The van der Waals surface area contributed by atoms with Crippen molar-refractivity contribution in [3.8, 4) is 0 Å². The number of carboxylic acid groups (broad SMARTS) is 1. The summed E-state index contributed by atoms with van der Waals surface area (Å²) in [4.78, 5) is 9.37. The standard InChI is InChI=1S/C6H12O.C3H6O2/c1-2-3-4-5-6-7;1-2-3(4)5/h2-3,7H,4-6H2,1H3;2H2,1H3,(H,4,5). The number of allylic oxidation sites excluding steroid dienone is 2. The van der Waals surface area contributed by atoms with Gasteiger partial charge in [-0.3, -0.25) is 4.79 Å². The number of aliphatic carboxylic acids is 1. The van der Waals surface area contributed by atoms with Crippen molar-refractivity contribution in [2.75, 3.05) is 6.61 Å². The Morgan fingerprint density at radius 1 is 1.50 bits per heavy atom. The highest BCUT2D eigenvalue weighted by Crippen LogP contribution is 1.86. The first-order valence-electron chi connectivity index (χ1n) is 4.12. The van der Waals surface area contributed by atoms with Crippen LogP contribution in [0.25, 0.3) is 0 Å². The normalized spacial score (nSPS) is 9.25. The van der Waals surface area contributed by atoms with Crippen LogP contribution in [0.4, 0.5) is 0 Å². The molecule has 0 saturated heterocycles. The topological polar surface area (TPSA) is 57.5 Å². The molecule has 0 aliphatic rings. The molecular formula is C9H18O3. The third kappa shape index (κ3) is 22.9. The molecule has 0 rings (SSSR count). The van der Waals surface area contributed by atoms with Gasteiger partial charge in [-0.1, -0.05) is 19.1 Å². The van der Waals surface area contributed by atoms with E-state index in [1.54, 1.807) is 6.92 Å². The number of aliphatic hydroxyl groups excluding tert-OH is 1. The molecule has 0 amide bonds. The fourth-order valence-electron chi connectivity index (χ4n) is 0.376. The zero-order valence-corrected chi connectivity index (χ0v) is 7.79. The van der Waals surface area contributed by atoms with Crippen molar-refractivity contribution < 1.29 is 15.0 Å². The second kappa shape index (κ2) is 12.8. The molecule has 0 atom stereocenters. The van der Waals surface area contributed by atoms with E-state index in [1.807, 2.05) is 13.0 Å². The van der Waals surface area contributed by atoms with Gasteiger partial charge in [0.25, 0.3) is 0 Å². The van der Waals surface area contributed by atoms with Crippen molar-refractivity contribution in [1.82, 2.24) is 0 Å². The maximum absolute atomic E-state index is 9.37. The van der Waals surface area contributed by atoms with Crippen LogP contribution in [0.15, 0.2) is 12.2 Å². The fourth-order valence-corrected chi connectivity index (χ4v) is 0.376. The Hall–Kier alpha value is -0.830. The second-order valence-electron chi connectivity index (χ2n) is 2.18. The summed E-state index contributed by atoms with van der Waals surface area (Å²) >= 11 is 0. The molecule has 72 valence electrons. The molecule has 2 N–H and O–H groups in total. The quantitative estimate of drug-likeness (QED) is 0.505. The highest BCUT2D eigenvalue weighted by atomic mass is 16.4. The van der Waals surface area contributed by atoms with Crippen molar-refractivity contribution in [3.05, 3.63) is 12.2 Å². The summed E-state index contributed by atoms with van der Waals surface area (Å²) in [7, 11) is 0. The van der Waals surface area contributed by atoms with Gasteiger partial charge in [0.1, 0.15) is 0 Å². The lowest BCUT2D eigenvalue weighted by Crippen LogP contribution is -1.86. The van der Waals surface area contributed by atoms with Gasteiger partial charge in [-0.15, -0.1) is 0 Å². The number of carbonyl (C=O) groups is 1. The van der Waals surface area contributed by atoms with Crippen LogP contribution in [0.5, 0.6) is 0 Å². The Labute approximate surface area is 73.7 Å². The van der Waals surface area contributed by atoms with E-state index in [-0.39, 0.29) is 6.42 Å². The summed E-state index contributed by atoms with van der Waals surface area (Å²) in [6.07, 6.45) is 6.17. The molecule has 0 saturated carbocycles. The Morgan fingerprint density at radius 3 is 2.25 bits per heavy atom. The van der Waals surface area contributed by atoms with Gasteiger partial charge in [-0.2, -0.15) is 0 Å². The maximum atomic E-state index is 9.37. The predicted octanol–water partition coefficient (Wildman–Crippen LogP) is 1.82. The largest absolute Gasteiger partial charge is 0.481 e. The Bertz CT molecular complexity index is 119. The molecule has 0 aromatic heterocycles. The molecular weight excluding hydrogens is 156 g/mol. The van der Waals surface area contributed by atoms with E-state index < -0.39 is 5.97 Å². The lowest BCUT2D eigenvalue weighted by Gasteiger charge is -1.83. The van der Waals surface area contributed by atoms with Crippen molar-refractivity contribution in [2.24, 2.45) is 0 Å². The molecule has 0 fully saturated rings. The van der Waals surface area contributed by atoms with E-state index in [0.717, 1.165) is 12.8 Å². The van der Waals surface area contributed by atoms with Gasteiger partial charge in [-0.25, -0.2) is 0 Å². The Balaban J connectivity index is 0. The molecule has 0 aliphatic carbocycles. The van der Waals surface area contributed by atoms with E-state index >= 15 is 0 Å². The minimum Gasteiger partial charge on any atom is -0.481 e. The van der Waals surface area contributed by atoms with E-state index in [0.29, 0.717) is 6.61 Å². The van der Waals surface area contributed by atoms with Crippen molar-refractivity contribution >= 4 is 5.97 Å². The molecule has 0 unspecified atom stereocenters. The van der Waals surface area contributed by atoms with Crippen LogP contribution < -0.4 is 0 Å². The molecule has 0 spiro atoms. The first-order chi connectivity index (χ1) is 5.68. The molecule has 3 nitrogen and oxygen atoms in total. The van der Waals surface area contributed by atoms with Gasteiger partial charge in [0.2, 0.25) is 0 Å². The molecule has 0 aromatic carbocycles. The number of hydrogen-bond donors (Lipinski definition) is 2. The summed E-state index contributed by atoms with van der Waals surface area (Å²) in [5, 5.41) is 16.0. The third-order valence-electron chi connectivity index (χ3n) is 1.07. The minimum atomic E-state index is -0.745. The second-order valence-corrected chi connectivity index (χ2v) is 2.18. The van der Waals surface area contributed by atoms with Gasteiger partial charge >= 0.3 is 5.97 Å². The van der Waals surface area contributed by atoms with Crippen LogP contribution in [0.1, 0.15) is 33.1 Å². The average Bonchev–Trinajstić information content (AvgIpc) is 2.07. The molecule has 0 aromatic rings. The van der Waals surface area contributed by atoms with E-state index in [4.69, 9.17) is 10.2 Å². The van der Waals surface area contributed by atoms with Gasteiger partial charge in [0, 0.05) is 13.0 Å². The summed E-state index contributed by atoms with van der Waals surface area (Å²) in [6, 6.07) is 0. The third-order valence-corrected chi connectivity index (χ3v) is 1.07. The summed E-state index contributed by atoms with van der Waals surface area (Å²) in [6.45, 7) is 3.89. The Kier molecular flexibility index (Phi) is 14.7. The van der Waals surface area contributed by atoms with Crippen molar-refractivity contribution in [2.45, 2.75) is 33.1 Å². The molecule has 0 radical (unpaired) electrons. The van der Waals surface area contributed by atoms with Crippen LogP contribution in [0.2, 0.25) is 0 Å². The van der Waals surface area contributed by atoms with E-state index in [2.05, 4.69) is 6.08 Å². The maximum Gasteiger partial charge on any atom is 0.303 e. The van der Waals surface area contributed by atoms with E-state index in [1.165, 1.54) is 0 Å². The number of unbranched alkanes of at least 4 members (excludes halogenated alkanes) is 1. The fraction of sp³-hybridized carbons (Fsp3) is 0.667. The molecule has 3 heteroatoms. The zero-order valence-electron chi connectivity index (χ0n) is 7.79. The molecule has 0 aliphatic heterocycles. The van der Waals surface area contributed by atoms with Gasteiger partial charge in [0.05, 0.1) is 0 Å². The van der Waals surface area contributed by atoms with Crippen molar-refractivity contribution in [3.63, 3.8) is 0 Å². The lowest BCUT2D eigenvalue weighted by atomic mass is 10.3. The van der Waals surface area contributed by atoms with Gasteiger partial charge in [-0.05, 0) is 19.8 Å². The van der Waals surface area contributed by atoms with Gasteiger partial charge < -0.3 is 10.2 Å². The Morgan fingerprint density at radius 2 is 2.00 bits per heavy atom. The van der Waals surface area contributed by atoms with Crippen LogP contribution in [-0.4, -0.2) is 22.8 Å². The monoisotopic (exact) mass is 174 g/mol. The number of rotatable bonds is 4. The van der Waals surface area contributed by atoms with Crippen LogP contribution >= 0.6 is 0 Å². The number of carboxylic acids is 1.